The monoisotopic (exact) mass is 344 g/mol. The van der Waals surface area contributed by atoms with Gasteiger partial charge in [0.25, 0.3) is 0 Å². The molecule has 0 heterocycles. The molecule has 0 amide bonds. The van der Waals surface area contributed by atoms with E-state index >= 15 is 0 Å². The van der Waals surface area contributed by atoms with Gasteiger partial charge in [0, 0.05) is 0 Å². The fourth-order valence-corrected chi connectivity index (χ4v) is 4.14. The minimum atomic E-state index is 1.26. The average Bonchev–Trinajstić information content (AvgIpc) is 2.75. The first-order chi connectivity index (χ1) is 13.4. The summed E-state index contributed by atoms with van der Waals surface area (Å²) in [5, 5.41) is 6.60. The lowest BCUT2D eigenvalue weighted by atomic mass is 9.87. The van der Waals surface area contributed by atoms with Crippen LogP contribution in [0, 0.1) is 0 Å². The van der Waals surface area contributed by atoms with Crippen molar-refractivity contribution < 1.29 is 0 Å². The zero-order chi connectivity index (χ0) is 18.2. The molecule has 0 unspecified atom stereocenters. The summed E-state index contributed by atoms with van der Waals surface area (Å²) in [6.07, 6.45) is 2.20. The van der Waals surface area contributed by atoms with E-state index in [2.05, 4.69) is 110 Å². The molecule has 128 valence electrons. The third kappa shape index (κ3) is 2.53. The largest absolute Gasteiger partial charge is 0.0798 e. The second-order valence-corrected chi connectivity index (χ2v) is 6.92. The molecule has 27 heavy (non-hydrogen) atoms. The highest BCUT2D eigenvalue weighted by atomic mass is 14.2. The van der Waals surface area contributed by atoms with Gasteiger partial charge in [0.1, 0.15) is 0 Å². The van der Waals surface area contributed by atoms with E-state index < -0.39 is 0 Å². The van der Waals surface area contributed by atoms with Gasteiger partial charge < -0.3 is 0 Å². The van der Waals surface area contributed by atoms with E-state index in [1.165, 1.54) is 49.0 Å². The molecule has 0 nitrogen and oxygen atoms in total. The number of hydrogen-bond acceptors (Lipinski definition) is 0. The van der Waals surface area contributed by atoms with E-state index in [0.717, 1.165) is 0 Å². The maximum absolute atomic E-state index is 2.36. The molecular formula is C27H20. The van der Waals surface area contributed by atoms with Crippen molar-refractivity contribution in [2.45, 2.75) is 6.92 Å². The molecule has 0 aliphatic heterocycles. The molecule has 0 atom stereocenters. The molecule has 0 spiro atoms. The molecule has 0 aliphatic rings. The molecule has 0 aliphatic carbocycles. The summed E-state index contributed by atoms with van der Waals surface area (Å²) in [5.41, 5.74) is 5.10. The standard InChI is InChI=1S/C27H20/c1-2-19-16-17-24-26(21-12-7-4-8-13-21)18-25(20-10-5-3-6-11-20)23-15-9-14-22(19)27(23)24/h2-18H,1H3. The maximum atomic E-state index is 2.36. The van der Waals surface area contributed by atoms with Gasteiger partial charge in [-0.05, 0) is 62.0 Å². The van der Waals surface area contributed by atoms with Crippen LogP contribution in [-0.4, -0.2) is 0 Å². The fourth-order valence-electron chi connectivity index (χ4n) is 4.14. The fraction of sp³-hybridized carbons (Fsp3) is 0.0370. The Balaban J connectivity index is 2.01. The van der Waals surface area contributed by atoms with Crippen molar-refractivity contribution in [2.75, 3.05) is 0 Å². The van der Waals surface area contributed by atoms with Crippen molar-refractivity contribution in [2.24, 2.45) is 0 Å². The molecule has 5 aromatic carbocycles. The van der Waals surface area contributed by atoms with Crippen molar-refractivity contribution in [1.29, 1.82) is 0 Å². The summed E-state index contributed by atoms with van der Waals surface area (Å²) in [7, 11) is 0. The smallest absolute Gasteiger partial charge is 0.00205 e. The van der Waals surface area contributed by atoms with Gasteiger partial charge in [-0.25, -0.2) is 0 Å². The summed E-state index contributed by atoms with van der Waals surface area (Å²) in [5.74, 6) is 0. The molecule has 0 heteroatoms. The second kappa shape index (κ2) is 6.41. The van der Waals surface area contributed by atoms with Crippen molar-refractivity contribution in [3.63, 3.8) is 0 Å². The van der Waals surface area contributed by atoms with Crippen molar-refractivity contribution in [1.82, 2.24) is 0 Å². The number of rotatable bonds is 2. The Labute approximate surface area is 159 Å². The molecule has 5 aromatic rings. The summed E-state index contributed by atoms with van der Waals surface area (Å²) in [6, 6.07) is 35.0. The quantitative estimate of drug-likeness (QED) is 0.329. The Bertz CT molecular complexity index is 1240. The van der Waals surface area contributed by atoms with Crippen LogP contribution in [-0.2, 0) is 0 Å². The van der Waals surface area contributed by atoms with E-state index in [0.29, 0.717) is 0 Å². The molecule has 0 bridgehead atoms. The summed E-state index contributed by atoms with van der Waals surface area (Å²) >= 11 is 0. The van der Waals surface area contributed by atoms with Crippen LogP contribution in [0.15, 0.2) is 97.1 Å². The molecule has 0 aromatic heterocycles. The molecule has 0 saturated carbocycles. The maximum Gasteiger partial charge on any atom is -0.00205 e. The van der Waals surface area contributed by atoms with Gasteiger partial charge in [0.2, 0.25) is 0 Å². The molecule has 0 radical (unpaired) electrons. The first kappa shape index (κ1) is 15.8. The minimum Gasteiger partial charge on any atom is -0.0798 e. The zero-order valence-electron chi connectivity index (χ0n) is 15.3. The van der Waals surface area contributed by atoms with Gasteiger partial charge in [0.15, 0.2) is 0 Å². The number of benzene rings is 5. The third-order valence-electron chi connectivity index (χ3n) is 5.42. The lowest BCUT2D eigenvalue weighted by Crippen LogP contribution is -2.02. The van der Waals surface area contributed by atoms with Crippen LogP contribution in [0.4, 0.5) is 0 Å². The van der Waals surface area contributed by atoms with E-state index in [-0.39, 0.29) is 0 Å². The Kier molecular flexibility index (Phi) is 3.76. The van der Waals surface area contributed by atoms with Crippen LogP contribution in [0.3, 0.4) is 0 Å². The average molecular weight is 344 g/mol. The minimum absolute atomic E-state index is 1.26. The van der Waals surface area contributed by atoms with Crippen LogP contribution in [0.1, 0.15) is 6.92 Å². The number of hydrogen-bond donors (Lipinski definition) is 0. The van der Waals surface area contributed by atoms with Crippen LogP contribution in [0.2, 0.25) is 0 Å². The van der Waals surface area contributed by atoms with Gasteiger partial charge in [-0.3, -0.25) is 0 Å². The zero-order valence-corrected chi connectivity index (χ0v) is 15.3. The SMILES string of the molecule is CC=c1ccc2c(-c3ccccc3)cc(-c3ccccc3)c3cccc1c32. The highest BCUT2D eigenvalue weighted by Crippen LogP contribution is 2.39. The highest BCUT2D eigenvalue weighted by molar-refractivity contribution is 6.19. The molecule has 0 fully saturated rings. The van der Waals surface area contributed by atoms with Crippen LogP contribution >= 0.6 is 0 Å². The Morgan fingerprint density at radius 3 is 1.67 bits per heavy atom. The first-order valence-electron chi connectivity index (χ1n) is 9.42. The Morgan fingerprint density at radius 1 is 0.519 bits per heavy atom. The predicted molar refractivity (Wildman–Crippen MR) is 118 cm³/mol. The molecule has 0 N–H and O–H groups in total. The van der Waals surface area contributed by atoms with Crippen molar-refractivity contribution in [3.8, 4) is 22.3 Å². The summed E-state index contributed by atoms with van der Waals surface area (Å²) in [4.78, 5) is 0. The Morgan fingerprint density at radius 2 is 1.07 bits per heavy atom. The second-order valence-electron chi connectivity index (χ2n) is 6.92. The van der Waals surface area contributed by atoms with E-state index in [1.807, 2.05) is 0 Å². The molecular weight excluding hydrogens is 324 g/mol. The lowest BCUT2D eigenvalue weighted by Gasteiger charge is -2.16. The van der Waals surface area contributed by atoms with Crippen molar-refractivity contribution >= 4 is 27.6 Å². The molecule has 5 rings (SSSR count). The van der Waals surface area contributed by atoms with Crippen LogP contribution < -0.4 is 5.22 Å². The Hall–Kier alpha value is -3.38. The van der Waals surface area contributed by atoms with Gasteiger partial charge in [-0.15, -0.1) is 0 Å². The van der Waals surface area contributed by atoms with E-state index in [1.54, 1.807) is 0 Å². The van der Waals surface area contributed by atoms with Gasteiger partial charge >= 0.3 is 0 Å². The van der Waals surface area contributed by atoms with Gasteiger partial charge in [-0.2, -0.15) is 0 Å². The topological polar surface area (TPSA) is 0 Å². The summed E-state index contributed by atoms with van der Waals surface area (Å²) in [6.45, 7) is 2.11. The predicted octanol–water partition coefficient (Wildman–Crippen LogP) is 6.85. The molecule has 0 saturated heterocycles. The first-order valence-corrected chi connectivity index (χ1v) is 9.42. The lowest BCUT2D eigenvalue weighted by molar-refractivity contribution is 1.62. The van der Waals surface area contributed by atoms with E-state index in [9.17, 15) is 0 Å². The van der Waals surface area contributed by atoms with Gasteiger partial charge in [0.05, 0.1) is 0 Å². The summed E-state index contributed by atoms with van der Waals surface area (Å²) < 4.78 is 0. The van der Waals surface area contributed by atoms with E-state index in [4.69, 9.17) is 0 Å². The van der Waals surface area contributed by atoms with Crippen LogP contribution in [0.25, 0.3) is 49.9 Å². The normalized spacial score (nSPS) is 12.1. The van der Waals surface area contributed by atoms with Crippen LogP contribution in [0.5, 0.6) is 0 Å². The van der Waals surface area contributed by atoms with Gasteiger partial charge in [-0.1, -0.05) is 97.1 Å². The third-order valence-corrected chi connectivity index (χ3v) is 5.42. The highest BCUT2D eigenvalue weighted by Gasteiger charge is 2.14. The van der Waals surface area contributed by atoms with Crippen molar-refractivity contribution in [3.05, 3.63) is 102 Å².